The van der Waals surface area contributed by atoms with E-state index < -0.39 is 5.54 Å². The van der Waals surface area contributed by atoms with Crippen LogP contribution in [0.15, 0.2) is 29.2 Å². The van der Waals surface area contributed by atoms with Crippen molar-refractivity contribution < 1.29 is 9.18 Å². The number of hydrogen-bond acceptors (Lipinski definition) is 3. The predicted octanol–water partition coefficient (Wildman–Crippen LogP) is 3.60. The summed E-state index contributed by atoms with van der Waals surface area (Å²) in [5.41, 5.74) is -0.640. The molecule has 0 atom stereocenters. The van der Waals surface area contributed by atoms with Gasteiger partial charge in [-0.1, -0.05) is 19.3 Å². The van der Waals surface area contributed by atoms with Gasteiger partial charge in [0.15, 0.2) is 0 Å². The Bertz CT molecular complexity index is 532. The van der Waals surface area contributed by atoms with Gasteiger partial charge in [-0.15, -0.1) is 11.8 Å². The smallest absolute Gasteiger partial charge is 0.233 e. The summed E-state index contributed by atoms with van der Waals surface area (Å²) in [6.07, 6.45) is 4.64. The molecule has 0 unspecified atom stereocenters. The largest absolute Gasteiger partial charge is 0.326 e. The molecule has 1 aromatic rings. The number of carbonyl (C=O) groups is 1. The Hall–Kier alpha value is -1.54. The Balaban J connectivity index is 1.95. The van der Waals surface area contributed by atoms with E-state index in [2.05, 4.69) is 6.07 Å². The molecule has 1 saturated carbocycles. The van der Waals surface area contributed by atoms with Gasteiger partial charge in [-0.3, -0.25) is 4.79 Å². The number of nitrogens with zero attached hydrogens (tertiary/aromatic N) is 2. The fourth-order valence-corrected chi connectivity index (χ4v) is 3.48. The fourth-order valence-electron chi connectivity index (χ4n) is 2.67. The number of amides is 1. The first-order chi connectivity index (χ1) is 10.1. The molecule has 5 heteroatoms. The van der Waals surface area contributed by atoms with Crippen molar-refractivity contribution in [2.45, 2.75) is 42.5 Å². The van der Waals surface area contributed by atoms with Crippen LogP contribution in [0, 0.1) is 17.1 Å². The van der Waals surface area contributed by atoms with Crippen molar-refractivity contribution in [3.05, 3.63) is 30.1 Å². The summed E-state index contributed by atoms with van der Waals surface area (Å²) in [6.45, 7) is 0. The third-order valence-electron chi connectivity index (χ3n) is 4.08. The Labute approximate surface area is 129 Å². The molecule has 1 aliphatic rings. The van der Waals surface area contributed by atoms with Crippen LogP contribution in [0.4, 0.5) is 4.39 Å². The standard InChI is InChI=1S/C16H19FN2OS/c1-19(16(12-18)9-3-2-4-10-16)15(20)11-21-14-7-5-13(17)6-8-14/h5-8H,2-4,9-11H2,1H3. The average Bonchev–Trinajstić information content (AvgIpc) is 2.54. The van der Waals surface area contributed by atoms with E-state index in [9.17, 15) is 14.4 Å². The van der Waals surface area contributed by atoms with Crippen LogP contribution in [0.5, 0.6) is 0 Å². The van der Waals surface area contributed by atoms with Crippen molar-refractivity contribution in [2.75, 3.05) is 12.8 Å². The second-order valence-electron chi connectivity index (χ2n) is 5.40. The first-order valence-corrected chi connectivity index (χ1v) is 8.12. The van der Waals surface area contributed by atoms with Gasteiger partial charge in [0.05, 0.1) is 11.8 Å². The lowest BCUT2D eigenvalue weighted by atomic mass is 9.81. The molecule has 1 aliphatic carbocycles. The molecular weight excluding hydrogens is 287 g/mol. The van der Waals surface area contributed by atoms with Gasteiger partial charge in [-0.05, 0) is 37.1 Å². The number of benzene rings is 1. The Morgan fingerprint density at radius 3 is 2.52 bits per heavy atom. The first-order valence-electron chi connectivity index (χ1n) is 7.14. The second-order valence-corrected chi connectivity index (χ2v) is 6.45. The van der Waals surface area contributed by atoms with Gasteiger partial charge in [0, 0.05) is 11.9 Å². The normalized spacial score (nSPS) is 17.0. The third-order valence-corrected chi connectivity index (χ3v) is 5.08. The Kier molecular flexibility index (Phi) is 5.24. The summed E-state index contributed by atoms with van der Waals surface area (Å²) < 4.78 is 12.8. The van der Waals surface area contributed by atoms with Crippen molar-refractivity contribution in [3.8, 4) is 6.07 Å². The van der Waals surface area contributed by atoms with E-state index in [0.717, 1.165) is 37.0 Å². The van der Waals surface area contributed by atoms with Gasteiger partial charge < -0.3 is 4.90 Å². The zero-order valence-electron chi connectivity index (χ0n) is 12.1. The number of thioether (sulfide) groups is 1. The van der Waals surface area contributed by atoms with Crippen LogP contribution in [0.3, 0.4) is 0 Å². The topological polar surface area (TPSA) is 44.1 Å². The Morgan fingerprint density at radius 2 is 1.95 bits per heavy atom. The zero-order chi connectivity index (χ0) is 15.3. The maximum Gasteiger partial charge on any atom is 0.233 e. The zero-order valence-corrected chi connectivity index (χ0v) is 13.0. The number of carbonyl (C=O) groups excluding carboxylic acids is 1. The van der Waals surface area contributed by atoms with Crippen LogP contribution in [0.25, 0.3) is 0 Å². The summed E-state index contributed by atoms with van der Waals surface area (Å²) in [4.78, 5) is 14.8. The van der Waals surface area contributed by atoms with Crippen LogP contribution in [-0.2, 0) is 4.79 Å². The molecule has 0 N–H and O–H groups in total. The second kappa shape index (κ2) is 6.95. The summed E-state index contributed by atoms with van der Waals surface area (Å²) in [5, 5.41) is 9.48. The SMILES string of the molecule is CN(C(=O)CSc1ccc(F)cc1)C1(C#N)CCCCC1. The number of rotatable bonds is 4. The van der Waals surface area contributed by atoms with E-state index in [1.54, 1.807) is 24.1 Å². The van der Waals surface area contributed by atoms with Crippen molar-refractivity contribution >= 4 is 17.7 Å². The summed E-state index contributed by atoms with van der Waals surface area (Å²) in [5.74, 6) is -0.0628. The molecule has 1 amide bonds. The van der Waals surface area contributed by atoms with Gasteiger partial charge >= 0.3 is 0 Å². The monoisotopic (exact) mass is 306 g/mol. The van der Waals surface area contributed by atoms with Crippen LogP contribution in [0.2, 0.25) is 0 Å². The maximum absolute atomic E-state index is 12.8. The van der Waals surface area contributed by atoms with Gasteiger partial charge in [0.25, 0.3) is 0 Å². The van der Waals surface area contributed by atoms with Crippen molar-refractivity contribution in [1.29, 1.82) is 5.26 Å². The van der Waals surface area contributed by atoms with Gasteiger partial charge in [0.1, 0.15) is 11.4 Å². The van der Waals surface area contributed by atoms with E-state index in [4.69, 9.17) is 0 Å². The van der Waals surface area contributed by atoms with Crippen molar-refractivity contribution in [2.24, 2.45) is 0 Å². The highest BCUT2D eigenvalue weighted by molar-refractivity contribution is 8.00. The molecule has 1 aromatic carbocycles. The first kappa shape index (κ1) is 15.8. The van der Waals surface area contributed by atoms with E-state index >= 15 is 0 Å². The fraction of sp³-hybridized carbons (Fsp3) is 0.500. The number of halogens is 1. The molecule has 1 fully saturated rings. The summed E-state index contributed by atoms with van der Waals surface area (Å²) >= 11 is 1.37. The lowest BCUT2D eigenvalue weighted by Crippen LogP contribution is -2.50. The predicted molar refractivity (Wildman–Crippen MR) is 81.3 cm³/mol. The molecule has 0 radical (unpaired) electrons. The average molecular weight is 306 g/mol. The highest BCUT2D eigenvalue weighted by Gasteiger charge is 2.38. The lowest BCUT2D eigenvalue weighted by molar-refractivity contribution is -0.131. The highest BCUT2D eigenvalue weighted by Crippen LogP contribution is 2.33. The van der Waals surface area contributed by atoms with Crippen molar-refractivity contribution in [3.63, 3.8) is 0 Å². The molecular formula is C16H19FN2OS. The minimum atomic E-state index is -0.640. The van der Waals surface area contributed by atoms with Gasteiger partial charge in [-0.25, -0.2) is 4.39 Å². The minimum absolute atomic E-state index is 0.0484. The maximum atomic E-state index is 12.8. The van der Waals surface area contributed by atoms with Crippen LogP contribution < -0.4 is 0 Å². The molecule has 0 aromatic heterocycles. The minimum Gasteiger partial charge on any atom is -0.326 e. The molecule has 21 heavy (non-hydrogen) atoms. The number of nitriles is 1. The van der Waals surface area contributed by atoms with E-state index in [-0.39, 0.29) is 17.5 Å². The molecule has 0 bridgehead atoms. The van der Waals surface area contributed by atoms with Gasteiger partial charge in [-0.2, -0.15) is 5.26 Å². The third kappa shape index (κ3) is 3.76. The van der Waals surface area contributed by atoms with Crippen molar-refractivity contribution in [1.82, 2.24) is 4.90 Å². The molecule has 0 saturated heterocycles. The Morgan fingerprint density at radius 1 is 1.33 bits per heavy atom. The molecule has 3 nitrogen and oxygen atoms in total. The molecule has 0 heterocycles. The van der Waals surface area contributed by atoms with E-state index in [1.165, 1.54) is 23.9 Å². The van der Waals surface area contributed by atoms with Crippen LogP contribution in [0.1, 0.15) is 32.1 Å². The lowest BCUT2D eigenvalue weighted by Gasteiger charge is -2.39. The molecule has 0 aliphatic heterocycles. The molecule has 2 rings (SSSR count). The van der Waals surface area contributed by atoms with Crippen LogP contribution >= 0.6 is 11.8 Å². The van der Waals surface area contributed by atoms with Crippen LogP contribution in [-0.4, -0.2) is 29.1 Å². The molecule has 0 spiro atoms. The summed E-state index contributed by atoms with van der Waals surface area (Å²) in [6, 6.07) is 8.44. The van der Waals surface area contributed by atoms with E-state index in [1.807, 2.05) is 0 Å². The molecule has 112 valence electrons. The summed E-state index contributed by atoms with van der Waals surface area (Å²) in [7, 11) is 1.72. The van der Waals surface area contributed by atoms with E-state index in [0.29, 0.717) is 0 Å². The van der Waals surface area contributed by atoms with Gasteiger partial charge in [0.2, 0.25) is 5.91 Å². The quantitative estimate of drug-likeness (QED) is 0.798. The highest BCUT2D eigenvalue weighted by atomic mass is 32.2. The number of hydrogen-bond donors (Lipinski definition) is 0.